The molecule has 2 amide bonds. The number of hydrogen-bond acceptors (Lipinski definition) is 15. The third-order valence-corrected chi connectivity index (χ3v) is 10.1. The van der Waals surface area contributed by atoms with Gasteiger partial charge >= 0.3 is 35.5 Å². The van der Waals surface area contributed by atoms with Crippen LogP contribution < -0.4 is 45.7 Å². The molecule has 0 spiro atoms. The molecular weight excluding hydrogens is 592 g/mol. The number of aliphatic carboxylic acids is 1. The Labute approximate surface area is 254 Å². The number of carbonyl (C=O) groups excluding carboxylic acids is 4. The molecule has 0 bridgehead atoms. The Morgan fingerprint density at radius 1 is 1.30 bits per heavy atom. The van der Waals surface area contributed by atoms with Crippen molar-refractivity contribution in [1.82, 2.24) is 25.4 Å². The third kappa shape index (κ3) is 7.62. The molecular formula is C19H19N6NaO6S5. The quantitative estimate of drug-likeness (QED) is 0.0863. The van der Waals surface area contributed by atoms with E-state index in [-0.39, 0.29) is 54.3 Å². The second-order valence-corrected chi connectivity index (χ2v) is 12.9. The van der Waals surface area contributed by atoms with Crippen LogP contribution in [0, 0.1) is 0 Å². The Kier molecular flexibility index (Phi) is 11.1. The van der Waals surface area contributed by atoms with Crippen molar-refractivity contribution < 1.29 is 58.6 Å². The summed E-state index contributed by atoms with van der Waals surface area (Å²) >= 11 is 6.66. The second-order valence-electron chi connectivity index (χ2n) is 7.36. The van der Waals surface area contributed by atoms with E-state index in [1.807, 2.05) is 0 Å². The number of ether oxygens (including phenoxy) is 1. The van der Waals surface area contributed by atoms with Gasteiger partial charge in [-0.15, -0.1) is 33.3 Å². The zero-order valence-electron chi connectivity index (χ0n) is 19.6. The summed E-state index contributed by atoms with van der Waals surface area (Å²) in [7, 11) is 0. The number of carboxylic acids is 1. The predicted molar refractivity (Wildman–Crippen MR) is 135 cm³/mol. The molecule has 192 valence electrons. The summed E-state index contributed by atoms with van der Waals surface area (Å²) in [6.45, 7) is 1.61. The number of aromatic nitrogens is 3. The molecule has 12 nitrogen and oxygen atoms in total. The zero-order valence-corrected chi connectivity index (χ0v) is 25.7. The van der Waals surface area contributed by atoms with Crippen molar-refractivity contribution >= 4 is 86.8 Å². The number of thiazole rings is 1. The number of fused-ring (bicyclic) bond motifs is 1. The van der Waals surface area contributed by atoms with Gasteiger partial charge in [0.25, 0.3) is 5.91 Å². The van der Waals surface area contributed by atoms with Crippen LogP contribution in [0.3, 0.4) is 0 Å². The zero-order chi connectivity index (χ0) is 25.8. The summed E-state index contributed by atoms with van der Waals surface area (Å²) in [5.41, 5.74) is 6.46. The number of carbonyl (C=O) groups is 4. The number of thioether (sulfide) groups is 3. The number of β-lactam (4-membered cyclic amide) rings is 1. The van der Waals surface area contributed by atoms with Crippen LogP contribution >= 0.6 is 58.0 Å². The molecule has 2 aliphatic rings. The Balaban J connectivity index is 0.00000380. The Morgan fingerprint density at radius 3 is 2.68 bits per heavy atom. The first kappa shape index (κ1) is 30.2. The van der Waals surface area contributed by atoms with E-state index in [2.05, 4.69) is 20.5 Å². The topological polar surface area (TPSA) is 181 Å². The molecule has 0 aliphatic carbocycles. The number of esters is 1. The first-order valence-electron chi connectivity index (χ1n) is 10.3. The third-order valence-electron chi connectivity index (χ3n) is 4.84. The first-order valence-corrected chi connectivity index (χ1v) is 15.0. The van der Waals surface area contributed by atoms with Crippen LogP contribution in [0.15, 0.2) is 25.3 Å². The molecule has 2 aliphatic heterocycles. The SMILES string of the molecule is CC(=O)OCCSc1nnc(SCC2=C(C(=O)[O-])N3C(=O)C(NC(=O)Cc4csc(N)n4)[C@@H]3SC2)s1.[Na+]. The maximum Gasteiger partial charge on any atom is 1.00 e. The maximum absolute atomic E-state index is 12.8. The number of rotatable bonds is 11. The monoisotopic (exact) mass is 610 g/mol. The number of hydrogen-bond donors (Lipinski definition) is 2. The van der Waals surface area contributed by atoms with Crippen LogP contribution in [0.4, 0.5) is 5.13 Å². The van der Waals surface area contributed by atoms with E-state index >= 15 is 0 Å². The van der Waals surface area contributed by atoms with Crippen molar-refractivity contribution in [3.05, 3.63) is 22.3 Å². The van der Waals surface area contributed by atoms with Gasteiger partial charge in [0.15, 0.2) is 13.8 Å². The largest absolute Gasteiger partial charge is 1.00 e. The van der Waals surface area contributed by atoms with Crippen molar-refractivity contribution in [3.8, 4) is 0 Å². The maximum atomic E-state index is 12.8. The normalized spacial score (nSPS) is 18.5. The van der Waals surface area contributed by atoms with E-state index < -0.39 is 29.2 Å². The van der Waals surface area contributed by atoms with E-state index in [0.29, 0.717) is 42.3 Å². The minimum atomic E-state index is -1.44. The molecule has 1 fully saturated rings. The molecule has 4 heterocycles. The standard InChI is InChI=1S/C19H20N6O6S5.Na/c1-8(26)31-2-3-32-18-23-24-19(36-18)35-6-9-5-33-15-12(14(28)25(15)13(9)16(29)30)22-11(27)4-10-7-34-17(20)21-10;/h7,12,15H,2-6H2,1H3,(H2,20,21)(H,22,27)(H,29,30);/q;+1/p-1/t12?,15-;/m0./s1. The number of carboxylic acid groups (broad SMARTS) is 1. The van der Waals surface area contributed by atoms with Gasteiger partial charge in [0.2, 0.25) is 5.91 Å². The van der Waals surface area contributed by atoms with E-state index in [1.54, 1.807) is 5.38 Å². The summed E-state index contributed by atoms with van der Waals surface area (Å²) in [6.07, 6.45) is -0.0220. The minimum Gasteiger partial charge on any atom is -0.543 e. The average molecular weight is 611 g/mol. The van der Waals surface area contributed by atoms with Crippen LogP contribution in [0.1, 0.15) is 12.6 Å². The summed E-state index contributed by atoms with van der Waals surface area (Å²) in [5.74, 6) is -1.47. The smallest absolute Gasteiger partial charge is 0.543 e. The van der Waals surface area contributed by atoms with Gasteiger partial charge in [-0.25, -0.2) is 4.98 Å². The first-order chi connectivity index (χ1) is 17.2. The molecule has 1 unspecified atom stereocenters. The Hall–Kier alpha value is -1.34. The number of nitrogens with zero attached hydrogens (tertiary/aromatic N) is 4. The van der Waals surface area contributed by atoms with Gasteiger partial charge in [-0.2, -0.15) is 0 Å². The van der Waals surface area contributed by atoms with Crippen molar-refractivity contribution in [1.29, 1.82) is 0 Å². The molecule has 4 rings (SSSR count). The Bertz CT molecular complexity index is 1220. The number of nitrogen functional groups attached to an aromatic ring is 1. The molecule has 2 aromatic heterocycles. The molecule has 1 saturated heterocycles. The van der Waals surface area contributed by atoms with Crippen LogP contribution in [0.2, 0.25) is 0 Å². The van der Waals surface area contributed by atoms with E-state index in [0.717, 1.165) is 0 Å². The van der Waals surface area contributed by atoms with Crippen LogP contribution in [-0.2, 0) is 30.3 Å². The van der Waals surface area contributed by atoms with E-state index in [4.69, 9.17) is 10.5 Å². The molecule has 0 aromatic carbocycles. The van der Waals surface area contributed by atoms with Gasteiger partial charge in [0.05, 0.1) is 23.8 Å². The van der Waals surface area contributed by atoms with Crippen molar-refractivity contribution in [2.75, 3.05) is 29.6 Å². The van der Waals surface area contributed by atoms with Crippen molar-refractivity contribution in [3.63, 3.8) is 0 Å². The van der Waals surface area contributed by atoms with Gasteiger partial charge in [-0.3, -0.25) is 19.3 Å². The molecule has 2 atom stereocenters. The molecule has 2 aromatic rings. The molecule has 0 saturated carbocycles. The Morgan fingerprint density at radius 2 is 2.03 bits per heavy atom. The van der Waals surface area contributed by atoms with E-state index in [9.17, 15) is 24.3 Å². The molecule has 18 heteroatoms. The van der Waals surface area contributed by atoms with Crippen LogP contribution in [0.25, 0.3) is 0 Å². The van der Waals surface area contributed by atoms with Crippen molar-refractivity contribution in [2.45, 2.75) is 33.4 Å². The number of anilines is 1. The fraction of sp³-hybridized carbons (Fsp3) is 0.421. The number of nitrogens with two attached hydrogens (primary N) is 1. The summed E-state index contributed by atoms with van der Waals surface area (Å²) < 4.78 is 6.23. The second kappa shape index (κ2) is 13.6. The number of amides is 2. The number of nitrogens with one attached hydrogen (secondary N) is 1. The summed E-state index contributed by atoms with van der Waals surface area (Å²) in [5, 5.41) is 24.3. The van der Waals surface area contributed by atoms with Gasteiger partial charge in [-0.1, -0.05) is 34.9 Å². The van der Waals surface area contributed by atoms with Crippen LogP contribution in [-0.4, -0.2) is 79.1 Å². The van der Waals surface area contributed by atoms with Crippen LogP contribution in [0.5, 0.6) is 0 Å². The minimum absolute atomic E-state index is 0. The van der Waals surface area contributed by atoms with Crippen molar-refractivity contribution in [2.24, 2.45) is 0 Å². The van der Waals surface area contributed by atoms with Gasteiger partial charge in [-0.05, 0) is 5.57 Å². The van der Waals surface area contributed by atoms with Gasteiger partial charge < -0.3 is 25.7 Å². The van der Waals surface area contributed by atoms with Gasteiger partial charge in [0.1, 0.15) is 18.0 Å². The van der Waals surface area contributed by atoms with E-state index in [1.165, 1.54) is 69.8 Å². The predicted octanol–water partition coefficient (Wildman–Crippen LogP) is -3.03. The average Bonchev–Trinajstić information content (AvgIpc) is 3.46. The summed E-state index contributed by atoms with van der Waals surface area (Å²) in [6, 6.07) is -0.822. The fourth-order valence-corrected chi connectivity index (χ4v) is 8.31. The van der Waals surface area contributed by atoms with Gasteiger partial charge in [0, 0.05) is 29.6 Å². The molecule has 0 radical (unpaired) electrons. The molecule has 3 N–H and O–H groups in total. The fourth-order valence-electron chi connectivity index (χ4n) is 3.35. The summed E-state index contributed by atoms with van der Waals surface area (Å²) in [4.78, 5) is 53.1. The molecule has 37 heavy (non-hydrogen) atoms.